The van der Waals surface area contributed by atoms with Crippen LogP contribution in [0.25, 0.3) is 6.08 Å². The van der Waals surface area contributed by atoms with E-state index in [-0.39, 0.29) is 17.1 Å². The van der Waals surface area contributed by atoms with Crippen molar-refractivity contribution in [3.63, 3.8) is 0 Å². The topological polar surface area (TPSA) is 61.8 Å². The van der Waals surface area contributed by atoms with Crippen molar-refractivity contribution in [2.75, 3.05) is 14.2 Å². The Morgan fingerprint density at radius 1 is 0.867 bits per heavy atom. The first-order chi connectivity index (χ1) is 14.5. The Hall–Kier alpha value is -3.93. The first-order valence-corrected chi connectivity index (χ1v) is 9.03. The van der Waals surface area contributed by atoms with Crippen LogP contribution < -0.4 is 14.2 Å². The fourth-order valence-electron chi connectivity index (χ4n) is 2.72. The average molecular weight is 406 g/mol. The van der Waals surface area contributed by atoms with Crippen LogP contribution >= 0.6 is 0 Å². The number of benzene rings is 3. The van der Waals surface area contributed by atoms with Gasteiger partial charge >= 0.3 is 5.97 Å². The number of carbonyl (C=O) groups is 2. The smallest absolute Gasteiger partial charge is 0.343 e. The monoisotopic (exact) mass is 406 g/mol. The van der Waals surface area contributed by atoms with E-state index in [1.54, 1.807) is 48.5 Å². The average Bonchev–Trinajstić information content (AvgIpc) is 2.78. The molecule has 0 aromatic heterocycles. The molecule has 0 heterocycles. The van der Waals surface area contributed by atoms with Crippen LogP contribution in [0.1, 0.15) is 26.3 Å². The Bertz CT molecular complexity index is 1090. The minimum Gasteiger partial charge on any atom is -0.497 e. The third kappa shape index (κ3) is 4.91. The Labute approximate surface area is 173 Å². The molecule has 3 aromatic carbocycles. The summed E-state index contributed by atoms with van der Waals surface area (Å²) < 4.78 is 28.9. The molecule has 0 spiro atoms. The Kier molecular flexibility index (Phi) is 6.60. The van der Waals surface area contributed by atoms with Gasteiger partial charge in [-0.1, -0.05) is 18.2 Å². The molecular formula is C24H19FO5. The Morgan fingerprint density at radius 3 is 2.30 bits per heavy atom. The molecule has 3 aromatic rings. The van der Waals surface area contributed by atoms with E-state index in [0.717, 1.165) is 0 Å². The van der Waals surface area contributed by atoms with E-state index in [1.807, 2.05) is 0 Å². The van der Waals surface area contributed by atoms with E-state index in [1.165, 1.54) is 44.6 Å². The number of hydrogen-bond acceptors (Lipinski definition) is 5. The summed E-state index contributed by atoms with van der Waals surface area (Å²) in [6.45, 7) is 0. The van der Waals surface area contributed by atoms with Gasteiger partial charge in [-0.15, -0.1) is 0 Å². The summed E-state index contributed by atoms with van der Waals surface area (Å²) in [4.78, 5) is 25.0. The highest BCUT2D eigenvalue weighted by atomic mass is 19.1. The summed E-state index contributed by atoms with van der Waals surface area (Å²) in [6, 6.07) is 16.8. The van der Waals surface area contributed by atoms with Crippen molar-refractivity contribution in [3.8, 4) is 17.2 Å². The number of ketones is 1. The van der Waals surface area contributed by atoms with Crippen LogP contribution in [0.4, 0.5) is 4.39 Å². The summed E-state index contributed by atoms with van der Waals surface area (Å²) in [5.74, 6) is -0.153. The van der Waals surface area contributed by atoms with E-state index < -0.39 is 11.8 Å². The number of hydrogen-bond donors (Lipinski definition) is 0. The number of rotatable bonds is 7. The zero-order chi connectivity index (χ0) is 21.5. The number of methoxy groups -OCH3 is 2. The van der Waals surface area contributed by atoms with Gasteiger partial charge in [-0.05, 0) is 60.7 Å². The van der Waals surface area contributed by atoms with Gasteiger partial charge in [0, 0.05) is 5.56 Å². The third-order valence-electron chi connectivity index (χ3n) is 4.29. The molecular weight excluding hydrogens is 387 g/mol. The molecule has 0 saturated heterocycles. The van der Waals surface area contributed by atoms with E-state index >= 15 is 0 Å². The molecule has 30 heavy (non-hydrogen) atoms. The fourth-order valence-corrected chi connectivity index (χ4v) is 2.72. The van der Waals surface area contributed by atoms with Crippen molar-refractivity contribution in [1.82, 2.24) is 0 Å². The molecule has 0 radical (unpaired) electrons. The lowest BCUT2D eigenvalue weighted by Gasteiger charge is -2.09. The summed E-state index contributed by atoms with van der Waals surface area (Å²) >= 11 is 0. The van der Waals surface area contributed by atoms with Gasteiger partial charge in [-0.25, -0.2) is 9.18 Å². The highest BCUT2D eigenvalue weighted by Crippen LogP contribution is 2.26. The zero-order valence-electron chi connectivity index (χ0n) is 16.4. The fraction of sp³-hybridized carbons (Fsp3) is 0.0833. The summed E-state index contributed by atoms with van der Waals surface area (Å²) in [5.41, 5.74) is 1.09. The third-order valence-corrected chi connectivity index (χ3v) is 4.29. The standard InChI is InChI=1S/C24H19FO5/c1-28-19-12-14-23(29-2)20(15-19)21(26)13-9-16-5-3-4-6-22(16)30-24(27)17-7-10-18(25)11-8-17/h3-15H,1-2H3/b13-9+. The predicted molar refractivity (Wildman–Crippen MR) is 111 cm³/mol. The molecule has 0 aliphatic carbocycles. The molecule has 0 aliphatic rings. The minimum atomic E-state index is -0.628. The summed E-state index contributed by atoms with van der Waals surface area (Å²) in [7, 11) is 2.99. The van der Waals surface area contributed by atoms with Crippen molar-refractivity contribution in [3.05, 3.63) is 95.3 Å². The lowest BCUT2D eigenvalue weighted by atomic mass is 10.1. The molecule has 0 fully saturated rings. The molecule has 3 rings (SSSR count). The van der Waals surface area contributed by atoms with Gasteiger partial charge in [0.1, 0.15) is 23.1 Å². The SMILES string of the molecule is COc1ccc(OC)c(C(=O)/C=C/c2ccccc2OC(=O)c2ccc(F)cc2)c1. The van der Waals surface area contributed by atoms with Gasteiger partial charge in [-0.3, -0.25) is 4.79 Å². The molecule has 0 saturated carbocycles. The number of para-hydroxylation sites is 1. The van der Waals surface area contributed by atoms with E-state index in [4.69, 9.17) is 14.2 Å². The molecule has 152 valence electrons. The predicted octanol–water partition coefficient (Wildman–Crippen LogP) is 4.96. The van der Waals surface area contributed by atoms with Crippen molar-refractivity contribution in [2.24, 2.45) is 0 Å². The highest BCUT2D eigenvalue weighted by molar-refractivity contribution is 6.09. The molecule has 5 nitrogen and oxygen atoms in total. The molecule has 6 heteroatoms. The van der Waals surface area contributed by atoms with Crippen LogP contribution in [0, 0.1) is 5.82 Å². The van der Waals surface area contributed by atoms with Crippen molar-refractivity contribution < 1.29 is 28.2 Å². The lowest BCUT2D eigenvalue weighted by Crippen LogP contribution is -2.09. The van der Waals surface area contributed by atoms with Gasteiger partial charge in [-0.2, -0.15) is 0 Å². The second-order valence-electron chi connectivity index (χ2n) is 6.20. The van der Waals surface area contributed by atoms with E-state index in [9.17, 15) is 14.0 Å². The second kappa shape index (κ2) is 9.52. The quantitative estimate of drug-likeness (QED) is 0.240. The largest absolute Gasteiger partial charge is 0.497 e. The highest BCUT2D eigenvalue weighted by Gasteiger charge is 2.13. The van der Waals surface area contributed by atoms with Crippen LogP contribution in [0.5, 0.6) is 17.2 Å². The van der Waals surface area contributed by atoms with Gasteiger partial charge in [0.2, 0.25) is 0 Å². The van der Waals surface area contributed by atoms with Crippen LogP contribution in [-0.4, -0.2) is 26.0 Å². The normalized spacial score (nSPS) is 10.6. The molecule has 0 N–H and O–H groups in total. The maximum absolute atomic E-state index is 13.0. The van der Waals surface area contributed by atoms with Gasteiger partial charge in [0.15, 0.2) is 5.78 Å². The van der Waals surface area contributed by atoms with Gasteiger partial charge < -0.3 is 14.2 Å². The van der Waals surface area contributed by atoms with Crippen molar-refractivity contribution >= 4 is 17.8 Å². The molecule has 0 atom stereocenters. The lowest BCUT2D eigenvalue weighted by molar-refractivity contribution is 0.0734. The first kappa shape index (κ1) is 20.8. The summed E-state index contributed by atoms with van der Waals surface area (Å²) in [6.07, 6.45) is 2.91. The number of allylic oxidation sites excluding steroid dienone is 1. The van der Waals surface area contributed by atoms with Crippen molar-refractivity contribution in [2.45, 2.75) is 0 Å². The zero-order valence-corrected chi connectivity index (χ0v) is 16.4. The van der Waals surface area contributed by atoms with Crippen LogP contribution in [0.2, 0.25) is 0 Å². The van der Waals surface area contributed by atoms with Crippen LogP contribution in [0.3, 0.4) is 0 Å². The van der Waals surface area contributed by atoms with Gasteiger partial charge in [0.25, 0.3) is 0 Å². The number of halogens is 1. The Morgan fingerprint density at radius 2 is 1.60 bits per heavy atom. The maximum Gasteiger partial charge on any atom is 0.343 e. The number of esters is 1. The summed E-state index contributed by atoms with van der Waals surface area (Å²) in [5, 5.41) is 0. The number of carbonyl (C=O) groups excluding carboxylic acids is 2. The molecule has 0 bridgehead atoms. The second-order valence-corrected chi connectivity index (χ2v) is 6.20. The van der Waals surface area contributed by atoms with Crippen LogP contribution in [0.15, 0.2) is 72.8 Å². The van der Waals surface area contributed by atoms with E-state index in [2.05, 4.69) is 0 Å². The molecule has 0 aliphatic heterocycles. The molecule has 0 amide bonds. The molecule has 0 unspecified atom stereocenters. The maximum atomic E-state index is 13.0. The van der Waals surface area contributed by atoms with Crippen molar-refractivity contribution in [1.29, 1.82) is 0 Å². The van der Waals surface area contributed by atoms with Crippen LogP contribution in [-0.2, 0) is 0 Å². The minimum absolute atomic E-state index is 0.215. The van der Waals surface area contributed by atoms with Gasteiger partial charge in [0.05, 0.1) is 25.3 Å². The van der Waals surface area contributed by atoms with E-state index in [0.29, 0.717) is 22.6 Å². The first-order valence-electron chi connectivity index (χ1n) is 9.03. The number of ether oxygens (including phenoxy) is 3. The Balaban J connectivity index is 1.82.